The van der Waals surface area contributed by atoms with Crippen molar-refractivity contribution in [1.29, 1.82) is 0 Å². The van der Waals surface area contributed by atoms with Crippen LogP contribution in [0.15, 0.2) is 30.3 Å². The molecular weight excluding hydrogens is 390 g/mol. The van der Waals surface area contributed by atoms with Crippen molar-refractivity contribution in [2.75, 3.05) is 6.61 Å². The number of carboxylic acid groups (broad SMARTS) is 1. The summed E-state index contributed by atoms with van der Waals surface area (Å²) < 4.78 is 0. The summed E-state index contributed by atoms with van der Waals surface area (Å²) in [4.78, 5) is 48.0. The van der Waals surface area contributed by atoms with E-state index < -0.39 is 42.5 Å². The van der Waals surface area contributed by atoms with E-state index in [1.807, 2.05) is 44.2 Å². The molecule has 1 rings (SSSR count). The van der Waals surface area contributed by atoms with E-state index in [2.05, 4.69) is 16.0 Å². The van der Waals surface area contributed by atoms with Crippen molar-refractivity contribution in [3.05, 3.63) is 35.9 Å². The van der Waals surface area contributed by atoms with E-state index >= 15 is 0 Å². The van der Waals surface area contributed by atoms with Crippen LogP contribution in [-0.4, -0.2) is 58.6 Å². The van der Waals surface area contributed by atoms with Gasteiger partial charge in [-0.3, -0.25) is 14.4 Å². The van der Waals surface area contributed by atoms with Gasteiger partial charge in [0.15, 0.2) is 0 Å². The molecule has 30 heavy (non-hydrogen) atoms. The minimum absolute atomic E-state index is 0.0296. The first-order valence-corrected chi connectivity index (χ1v) is 9.89. The maximum atomic E-state index is 12.8. The maximum absolute atomic E-state index is 12.8. The highest BCUT2D eigenvalue weighted by Crippen LogP contribution is 2.09. The normalized spacial score (nSPS) is 13.8. The maximum Gasteiger partial charge on any atom is 0.328 e. The lowest BCUT2D eigenvalue weighted by Gasteiger charge is -2.25. The first-order chi connectivity index (χ1) is 14.1. The fourth-order valence-corrected chi connectivity index (χ4v) is 2.90. The van der Waals surface area contributed by atoms with Crippen LogP contribution in [0.25, 0.3) is 0 Å². The highest BCUT2D eigenvalue weighted by Gasteiger charge is 2.29. The molecule has 0 saturated heterocycles. The summed E-state index contributed by atoms with van der Waals surface area (Å²) in [5.74, 6) is -2.96. The van der Waals surface area contributed by atoms with E-state index in [1.165, 1.54) is 6.92 Å². The molecule has 9 heteroatoms. The van der Waals surface area contributed by atoms with Gasteiger partial charge in [0.1, 0.15) is 18.1 Å². The van der Waals surface area contributed by atoms with Crippen LogP contribution in [0.5, 0.6) is 0 Å². The van der Waals surface area contributed by atoms with Crippen LogP contribution in [0.2, 0.25) is 0 Å². The molecule has 0 aliphatic carbocycles. The van der Waals surface area contributed by atoms with Crippen molar-refractivity contribution < 1.29 is 29.4 Å². The van der Waals surface area contributed by atoms with Crippen LogP contribution < -0.4 is 16.0 Å². The topological polar surface area (TPSA) is 145 Å². The quantitative estimate of drug-likeness (QED) is 0.326. The zero-order valence-corrected chi connectivity index (χ0v) is 17.6. The fraction of sp³-hybridized carbons (Fsp3) is 0.524. The molecule has 1 aromatic rings. The summed E-state index contributed by atoms with van der Waals surface area (Å²) in [5.41, 5.74) is 1.00. The number of aliphatic hydroxyl groups is 1. The number of benzene rings is 1. The molecule has 0 aliphatic rings. The second-order valence-corrected chi connectivity index (χ2v) is 7.55. The number of amides is 3. The van der Waals surface area contributed by atoms with Crippen LogP contribution in [0, 0.1) is 5.92 Å². The smallest absolute Gasteiger partial charge is 0.328 e. The van der Waals surface area contributed by atoms with Crippen molar-refractivity contribution in [1.82, 2.24) is 16.0 Å². The highest BCUT2D eigenvalue weighted by atomic mass is 16.4. The second kappa shape index (κ2) is 12.6. The van der Waals surface area contributed by atoms with Crippen LogP contribution in [0.4, 0.5) is 0 Å². The average molecular weight is 421 g/mol. The molecule has 9 nitrogen and oxygen atoms in total. The predicted octanol–water partition coefficient (Wildman–Crippen LogP) is 0.217. The molecule has 1 aromatic carbocycles. The lowest BCUT2D eigenvalue weighted by Crippen LogP contribution is -2.56. The minimum Gasteiger partial charge on any atom is -0.480 e. The standard InChI is InChI=1S/C21H31N3O6/c1-13(2)11-17(20(28)24-18(12-25)21(29)30)23-19(27)16(22-14(3)26)10-9-15-7-5-4-6-8-15/h4-8,13,16-18,25H,9-12H2,1-3H3,(H,22,26)(H,23,27)(H,24,28)(H,29,30)/t16-,17-,18-/m0/s1. The first-order valence-electron chi connectivity index (χ1n) is 9.89. The number of nitrogens with one attached hydrogen (secondary N) is 3. The van der Waals surface area contributed by atoms with Gasteiger partial charge in [-0.2, -0.15) is 0 Å². The zero-order chi connectivity index (χ0) is 22.7. The Labute approximate surface area is 176 Å². The molecule has 3 atom stereocenters. The third-order valence-electron chi connectivity index (χ3n) is 4.40. The number of rotatable bonds is 12. The Kier molecular flexibility index (Phi) is 10.5. The lowest BCUT2D eigenvalue weighted by molar-refractivity contribution is -0.143. The Morgan fingerprint density at radius 2 is 1.47 bits per heavy atom. The van der Waals surface area contributed by atoms with Gasteiger partial charge in [0.2, 0.25) is 17.7 Å². The SMILES string of the molecule is CC(=O)N[C@@H](CCc1ccccc1)C(=O)N[C@@H](CC(C)C)C(=O)N[C@@H](CO)C(=O)O. The van der Waals surface area contributed by atoms with E-state index in [0.29, 0.717) is 12.8 Å². The lowest BCUT2D eigenvalue weighted by atomic mass is 10.0. The molecule has 0 heterocycles. The molecule has 0 bridgehead atoms. The number of aliphatic carboxylic acids is 1. The van der Waals surface area contributed by atoms with Gasteiger partial charge >= 0.3 is 5.97 Å². The summed E-state index contributed by atoms with van der Waals surface area (Å²) in [6.07, 6.45) is 1.15. The van der Waals surface area contributed by atoms with Crippen LogP contribution >= 0.6 is 0 Å². The number of carbonyl (C=O) groups excluding carboxylic acids is 3. The van der Waals surface area contributed by atoms with E-state index in [0.717, 1.165) is 5.56 Å². The number of aryl methyl sites for hydroxylation is 1. The van der Waals surface area contributed by atoms with Gasteiger partial charge in [0.05, 0.1) is 6.61 Å². The van der Waals surface area contributed by atoms with Crippen LogP contribution in [-0.2, 0) is 25.6 Å². The Balaban J connectivity index is 2.88. The van der Waals surface area contributed by atoms with Gasteiger partial charge in [-0.1, -0.05) is 44.2 Å². The molecule has 166 valence electrons. The third-order valence-corrected chi connectivity index (χ3v) is 4.40. The average Bonchev–Trinajstić information content (AvgIpc) is 2.68. The van der Waals surface area contributed by atoms with E-state index in [-0.39, 0.29) is 18.2 Å². The molecule has 3 amide bonds. The summed E-state index contributed by atoms with van der Waals surface area (Å²) in [6, 6.07) is 6.16. The number of aliphatic hydroxyl groups excluding tert-OH is 1. The molecule has 0 aromatic heterocycles. The van der Waals surface area contributed by atoms with Crippen molar-refractivity contribution in [2.45, 2.75) is 58.2 Å². The van der Waals surface area contributed by atoms with Crippen molar-refractivity contribution in [3.8, 4) is 0 Å². The summed E-state index contributed by atoms with van der Waals surface area (Å²) in [5, 5.41) is 25.6. The largest absolute Gasteiger partial charge is 0.480 e. The van der Waals surface area contributed by atoms with Crippen molar-refractivity contribution in [3.63, 3.8) is 0 Å². The molecule has 0 unspecified atom stereocenters. The molecule has 0 spiro atoms. The zero-order valence-electron chi connectivity index (χ0n) is 17.6. The van der Waals surface area contributed by atoms with Crippen molar-refractivity contribution >= 4 is 23.7 Å². The summed E-state index contributed by atoms with van der Waals surface area (Å²) in [6.45, 7) is 4.25. The van der Waals surface area contributed by atoms with Gasteiger partial charge in [-0.15, -0.1) is 0 Å². The monoisotopic (exact) mass is 421 g/mol. The fourth-order valence-electron chi connectivity index (χ4n) is 2.90. The molecule has 0 radical (unpaired) electrons. The Hall–Kier alpha value is -2.94. The summed E-state index contributed by atoms with van der Waals surface area (Å²) >= 11 is 0. The highest BCUT2D eigenvalue weighted by molar-refractivity contribution is 5.93. The van der Waals surface area contributed by atoms with Gasteiger partial charge in [0, 0.05) is 6.92 Å². The van der Waals surface area contributed by atoms with Gasteiger partial charge in [-0.05, 0) is 30.7 Å². The van der Waals surface area contributed by atoms with E-state index in [1.54, 1.807) is 0 Å². The predicted molar refractivity (Wildman–Crippen MR) is 110 cm³/mol. The minimum atomic E-state index is -1.46. The Bertz CT molecular complexity index is 723. The molecule has 0 fully saturated rings. The van der Waals surface area contributed by atoms with E-state index in [4.69, 9.17) is 10.2 Å². The Morgan fingerprint density at radius 3 is 1.97 bits per heavy atom. The van der Waals surface area contributed by atoms with Gasteiger partial charge < -0.3 is 26.2 Å². The number of hydrogen-bond acceptors (Lipinski definition) is 5. The Morgan fingerprint density at radius 1 is 0.900 bits per heavy atom. The number of hydrogen-bond donors (Lipinski definition) is 5. The molecule has 5 N–H and O–H groups in total. The first kappa shape index (κ1) is 25.1. The van der Waals surface area contributed by atoms with Crippen molar-refractivity contribution in [2.24, 2.45) is 5.92 Å². The summed E-state index contributed by atoms with van der Waals surface area (Å²) in [7, 11) is 0. The molecule has 0 saturated carbocycles. The van der Waals surface area contributed by atoms with E-state index in [9.17, 15) is 19.2 Å². The van der Waals surface area contributed by atoms with Crippen LogP contribution in [0.3, 0.4) is 0 Å². The van der Waals surface area contributed by atoms with Crippen LogP contribution in [0.1, 0.15) is 39.2 Å². The second-order valence-electron chi connectivity index (χ2n) is 7.55. The van der Waals surface area contributed by atoms with Gasteiger partial charge in [-0.25, -0.2) is 4.79 Å². The van der Waals surface area contributed by atoms with Gasteiger partial charge in [0.25, 0.3) is 0 Å². The molecule has 0 aliphatic heterocycles. The molecular formula is C21H31N3O6. The number of carbonyl (C=O) groups is 4. The third kappa shape index (κ3) is 9.04. The number of carboxylic acids is 1.